The second-order valence-corrected chi connectivity index (χ2v) is 13.6. The van der Waals surface area contributed by atoms with E-state index in [-0.39, 0.29) is 29.8 Å². The molecular formula is C39H45IN4O2. The minimum absolute atomic E-state index is 0.00262. The maximum atomic E-state index is 14.2. The lowest BCUT2D eigenvalue weighted by Crippen LogP contribution is -2.50. The Morgan fingerprint density at radius 3 is 2.22 bits per heavy atom. The number of piperidine rings is 1. The predicted molar refractivity (Wildman–Crippen MR) is 196 cm³/mol. The zero-order valence-electron chi connectivity index (χ0n) is 26.5. The molecule has 0 saturated carbocycles. The van der Waals surface area contributed by atoms with E-state index in [1.54, 1.807) is 0 Å². The number of fused-ring (bicyclic) bond motifs is 1. The number of nitrogens with zero attached hydrogens (tertiary/aromatic N) is 2. The van der Waals surface area contributed by atoms with Crippen molar-refractivity contribution >= 4 is 45.2 Å². The molecule has 2 aliphatic rings. The normalized spacial score (nSPS) is 19.3. The van der Waals surface area contributed by atoms with Crippen LogP contribution in [0.25, 0.3) is 10.8 Å². The molecule has 2 heterocycles. The van der Waals surface area contributed by atoms with Crippen LogP contribution in [-0.4, -0.2) is 73.0 Å². The van der Waals surface area contributed by atoms with Crippen molar-refractivity contribution in [3.8, 4) is 0 Å². The average molecular weight is 729 g/mol. The molecule has 0 radical (unpaired) electrons. The molecular weight excluding hydrogens is 683 g/mol. The Labute approximate surface area is 287 Å². The first kappa shape index (κ1) is 32.7. The first-order chi connectivity index (χ1) is 22.6. The number of likely N-dealkylation sites (tertiary alicyclic amines) is 1. The van der Waals surface area contributed by atoms with E-state index >= 15 is 0 Å². The number of benzene rings is 4. The van der Waals surface area contributed by atoms with Gasteiger partial charge in [0, 0.05) is 48.1 Å². The van der Waals surface area contributed by atoms with Gasteiger partial charge in [-0.05, 0) is 78.4 Å². The van der Waals surface area contributed by atoms with Crippen LogP contribution in [0.1, 0.15) is 65.1 Å². The van der Waals surface area contributed by atoms with Gasteiger partial charge in [-0.3, -0.25) is 9.59 Å². The van der Waals surface area contributed by atoms with Gasteiger partial charge in [-0.15, -0.1) is 0 Å². The number of halogens is 1. The molecule has 0 unspecified atom stereocenters. The van der Waals surface area contributed by atoms with Crippen molar-refractivity contribution in [2.24, 2.45) is 0 Å². The summed E-state index contributed by atoms with van der Waals surface area (Å²) in [7, 11) is 0. The summed E-state index contributed by atoms with van der Waals surface area (Å²) >= 11 is 2.37. The molecule has 0 aliphatic carbocycles. The summed E-state index contributed by atoms with van der Waals surface area (Å²) in [6, 6.07) is 33.1. The molecule has 2 fully saturated rings. The molecule has 0 aromatic heterocycles. The number of hydrogen-bond acceptors (Lipinski definition) is 4. The van der Waals surface area contributed by atoms with Crippen LogP contribution in [0.2, 0.25) is 0 Å². The van der Waals surface area contributed by atoms with Gasteiger partial charge in [0.2, 0.25) is 5.91 Å². The summed E-state index contributed by atoms with van der Waals surface area (Å²) in [5.41, 5.74) is 4.37. The lowest BCUT2D eigenvalue weighted by Gasteiger charge is -2.31. The Morgan fingerprint density at radius 2 is 1.52 bits per heavy atom. The molecule has 2 aliphatic heterocycles. The SMILES string of the molecule is O=C(NC[C@@H]1CCN(CC(c2ccccc2)c2ccccc2)C(=O)[C@H](CCN2CCCCC2)N1)c1ccc2cc(CI)ccc2c1. The van der Waals surface area contributed by atoms with Gasteiger partial charge in [0.25, 0.3) is 5.91 Å². The van der Waals surface area contributed by atoms with E-state index in [1.165, 1.54) is 36.0 Å². The number of carbonyl (C=O) groups excluding carboxylic acids is 2. The van der Waals surface area contributed by atoms with Gasteiger partial charge in [0.05, 0.1) is 6.04 Å². The minimum Gasteiger partial charge on any atom is -0.350 e. The van der Waals surface area contributed by atoms with Gasteiger partial charge < -0.3 is 20.4 Å². The lowest BCUT2D eigenvalue weighted by molar-refractivity contribution is -0.133. The fourth-order valence-electron chi connectivity index (χ4n) is 6.96. The largest absolute Gasteiger partial charge is 0.350 e. The summed E-state index contributed by atoms with van der Waals surface area (Å²) < 4.78 is 0.961. The summed E-state index contributed by atoms with van der Waals surface area (Å²) in [6.07, 6.45) is 5.31. The van der Waals surface area contributed by atoms with Gasteiger partial charge in [0.1, 0.15) is 0 Å². The Morgan fingerprint density at radius 1 is 0.848 bits per heavy atom. The van der Waals surface area contributed by atoms with Crippen LogP contribution in [0.5, 0.6) is 0 Å². The second kappa shape index (κ2) is 16.0. The molecule has 2 atom stereocenters. The van der Waals surface area contributed by atoms with Crippen molar-refractivity contribution in [1.82, 2.24) is 20.4 Å². The monoisotopic (exact) mass is 728 g/mol. The molecule has 4 aromatic rings. The topological polar surface area (TPSA) is 64.7 Å². The van der Waals surface area contributed by atoms with Crippen LogP contribution in [0.15, 0.2) is 97.1 Å². The quantitative estimate of drug-likeness (QED) is 0.132. The van der Waals surface area contributed by atoms with E-state index in [2.05, 4.69) is 110 Å². The van der Waals surface area contributed by atoms with E-state index < -0.39 is 0 Å². The van der Waals surface area contributed by atoms with Gasteiger partial charge in [-0.25, -0.2) is 0 Å². The molecule has 4 aromatic carbocycles. The smallest absolute Gasteiger partial charge is 0.251 e. The van der Waals surface area contributed by atoms with E-state index in [4.69, 9.17) is 0 Å². The number of carbonyl (C=O) groups is 2. The molecule has 6 nitrogen and oxygen atoms in total. The lowest BCUT2D eigenvalue weighted by atomic mass is 9.90. The maximum absolute atomic E-state index is 14.2. The van der Waals surface area contributed by atoms with Gasteiger partial charge in [-0.2, -0.15) is 0 Å². The third kappa shape index (κ3) is 8.35. The fraction of sp³-hybridized carbons (Fsp3) is 0.385. The summed E-state index contributed by atoms with van der Waals surface area (Å²) in [5, 5.41) is 9.11. The van der Waals surface area contributed by atoms with Gasteiger partial charge in [0.15, 0.2) is 0 Å². The van der Waals surface area contributed by atoms with Crippen LogP contribution in [0.3, 0.4) is 0 Å². The maximum Gasteiger partial charge on any atom is 0.251 e. The average Bonchev–Trinajstić information content (AvgIpc) is 3.26. The number of hydrogen-bond donors (Lipinski definition) is 2. The molecule has 0 bridgehead atoms. The molecule has 6 rings (SSSR count). The first-order valence-electron chi connectivity index (χ1n) is 16.8. The highest BCUT2D eigenvalue weighted by Crippen LogP contribution is 2.27. The molecule has 2 amide bonds. The summed E-state index contributed by atoms with van der Waals surface area (Å²) in [6.45, 7) is 4.89. The van der Waals surface area contributed by atoms with E-state index in [0.29, 0.717) is 25.2 Å². The standard InChI is InChI=1S/C39H45IN4O2/c40-26-29-14-15-33-25-34(17-16-32(33)24-29)38(45)41-27-35-18-23-44(39(46)37(42-35)19-22-43-20-8-3-9-21-43)28-36(30-10-4-1-5-11-30)31-12-6-2-7-13-31/h1-2,4-7,10-17,24-25,35-37,42H,3,8-9,18-23,26-28H2,(H,41,45)/t35-,37-/m0/s1. The minimum atomic E-state index is -0.286. The van der Waals surface area contributed by atoms with Crippen molar-refractivity contribution in [3.05, 3.63) is 119 Å². The Hall–Kier alpha value is -3.27. The highest BCUT2D eigenvalue weighted by molar-refractivity contribution is 14.1. The first-order valence-corrected chi connectivity index (χ1v) is 18.3. The highest BCUT2D eigenvalue weighted by Gasteiger charge is 2.33. The zero-order valence-corrected chi connectivity index (χ0v) is 28.7. The van der Waals surface area contributed by atoms with Crippen molar-refractivity contribution in [2.75, 3.05) is 39.3 Å². The highest BCUT2D eigenvalue weighted by atomic mass is 127. The summed E-state index contributed by atoms with van der Waals surface area (Å²) in [4.78, 5) is 32.1. The molecule has 0 spiro atoms. The number of rotatable bonds is 11. The van der Waals surface area contributed by atoms with Crippen molar-refractivity contribution in [2.45, 2.75) is 54.5 Å². The zero-order chi connectivity index (χ0) is 31.7. The van der Waals surface area contributed by atoms with Crippen molar-refractivity contribution < 1.29 is 9.59 Å². The third-order valence-corrected chi connectivity index (χ3v) is 10.5. The molecule has 240 valence electrons. The van der Waals surface area contributed by atoms with Gasteiger partial charge in [-0.1, -0.05) is 114 Å². The van der Waals surface area contributed by atoms with E-state index in [9.17, 15) is 9.59 Å². The van der Waals surface area contributed by atoms with Crippen molar-refractivity contribution in [3.63, 3.8) is 0 Å². The van der Waals surface area contributed by atoms with Crippen molar-refractivity contribution in [1.29, 1.82) is 0 Å². The summed E-state index contributed by atoms with van der Waals surface area (Å²) in [5.74, 6) is 0.182. The predicted octanol–water partition coefficient (Wildman–Crippen LogP) is 6.77. The van der Waals surface area contributed by atoms with Crippen LogP contribution in [0, 0.1) is 0 Å². The third-order valence-electron chi connectivity index (χ3n) is 9.61. The Bertz CT molecular complexity index is 1550. The number of amides is 2. The molecule has 7 heteroatoms. The van der Waals surface area contributed by atoms with Crippen LogP contribution in [-0.2, 0) is 9.22 Å². The van der Waals surface area contributed by atoms with Crippen LogP contribution < -0.4 is 10.6 Å². The molecule has 46 heavy (non-hydrogen) atoms. The molecule has 2 N–H and O–H groups in total. The Balaban J connectivity index is 1.17. The van der Waals surface area contributed by atoms with E-state index in [1.807, 2.05) is 30.3 Å². The van der Waals surface area contributed by atoms with Crippen LogP contribution >= 0.6 is 22.6 Å². The van der Waals surface area contributed by atoms with Gasteiger partial charge >= 0.3 is 0 Å². The molecule has 2 saturated heterocycles. The number of nitrogens with one attached hydrogen (secondary N) is 2. The number of alkyl halides is 1. The Kier molecular flexibility index (Phi) is 11.4. The second-order valence-electron chi connectivity index (χ2n) is 12.8. The van der Waals surface area contributed by atoms with E-state index in [0.717, 1.165) is 47.7 Å². The fourth-order valence-corrected chi connectivity index (χ4v) is 7.43. The van der Waals surface area contributed by atoms with Crippen LogP contribution in [0.4, 0.5) is 0 Å².